The van der Waals surface area contributed by atoms with E-state index >= 15 is 0 Å². The predicted molar refractivity (Wildman–Crippen MR) is 235 cm³/mol. The van der Waals surface area contributed by atoms with Crippen LogP contribution in [0.4, 0.5) is 0 Å². The van der Waals surface area contributed by atoms with Gasteiger partial charge in [-0.1, -0.05) is 164 Å². The molecular weight excluding hydrogens is 679 g/mol. The van der Waals surface area contributed by atoms with Crippen LogP contribution in [0.15, 0.2) is 200 Å². The van der Waals surface area contributed by atoms with Crippen molar-refractivity contribution in [2.24, 2.45) is 0 Å². The van der Waals surface area contributed by atoms with Crippen molar-refractivity contribution >= 4 is 54.3 Å². The molecule has 3 aromatic heterocycles. The summed E-state index contributed by atoms with van der Waals surface area (Å²) in [5.41, 5.74) is 13.4. The number of aromatic nitrogens is 3. The molecule has 0 bridgehead atoms. The zero-order valence-electron chi connectivity index (χ0n) is 30.4. The van der Waals surface area contributed by atoms with Crippen LogP contribution in [0.3, 0.4) is 0 Å². The topological polar surface area (TPSA) is 38.7 Å². The first-order valence-electron chi connectivity index (χ1n) is 19.0. The molecule has 0 saturated carbocycles. The SMILES string of the molecule is c1ccc(-c2c3ccccc3nc3c2ccc2ccc(-c4ccc(-c5cc(-c6ccc7ccccc7c6)cc(-c6ccc7ccccc7c6)n5)cc4)nc23)cc1. The fourth-order valence-corrected chi connectivity index (χ4v) is 8.14. The van der Waals surface area contributed by atoms with Crippen LogP contribution in [-0.4, -0.2) is 15.0 Å². The maximum atomic E-state index is 5.30. The first kappa shape index (κ1) is 32.0. The number of para-hydroxylation sites is 1. The average molecular weight is 712 g/mol. The second-order valence-corrected chi connectivity index (χ2v) is 14.4. The summed E-state index contributed by atoms with van der Waals surface area (Å²) in [5, 5.41) is 8.16. The fraction of sp³-hybridized carbons (Fsp3) is 0. The third kappa shape index (κ3) is 5.57. The van der Waals surface area contributed by atoms with Crippen LogP contribution in [0.25, 0.3) is 110 Å². The van der Waals surface area contributed by atoms with Gasteiger partial charge in [-0.15, -0.1) is 0 Å². The van der Waals surface area contributed by atoms with E-state index in [9.17, 15) is 0 Å². The maximum Gasteiger partial charge on any atom is 0.0978 e. The molecule has 0 aliphatic heterocycles. The fourth-order valence-electron chi connectivity index (χ4n) is 8.14. The van der Waals surface area contributed by atoms with Gasteiger partial charge < -0.3 is 0 Å². The molecule has 3 heteroatoms. The summed E-state index contributed by atoms with van der Waals surface area (Å²) in [4.78, 5) is 15.8. The van der Waals surface area contributed by atoms with E-state index < -0.39 is 0 Å². The smallest absolute Gasteiger partial charge is 0.0978 e. The Morgan fingerprint density at radius 2 is 0.804 bits per heavy atom. The molecule has 3 nitrogen and oxygen atoms in total. The summed E-state index contributed by atoms with van der Waals surface area (Å²) < 4.78 is 0. The summed E-state index contributed by atoms with van der Waals surface area (Å²) in [5.74, 6) is 0. The number of rotatable bonds is 5. The Morgan fingerprint density at radius 1 is 0.250 bits per heavy atom. The van der Waals surface area contributed by atoms with Crippen LogP contribution < -0.4 is 0 Å². The van der Waals surface area contributed by atoms with Gasteiger partial charge >= 0.3 is 0 Å². The lowest BCUT2D eigenvalue weighted by Gasteiger charge is -2.13. The highest BCUT2D eigenvalue weighted by atomic mass is 14.8. The van der Waals surface area contributed by atoms with E-state index in [0.717, 1.165) is 77.6 Å². The Kier molecular flexibility index (Phi) is 7.49. The average Bonchev–Trinajstić information content (AvgIpc) is 3.28. The van der Waals surface area contributed by atoms with E-state index in [1.165, 1.54) is 32.7 Å². The minimum Gasteiger partial charge on any atom is -0.248 e. The van der Waals surface area contributed by atoms with Gasteiger partial charge in [0.15, 0.2) is 0 Å². The van der Waals surface area contributed by atoms with Gasteiger partial charge in [0, 0.05) is 38.4 Å². The molecule has 56 heavy (non-hydrogen) atoms. The summed E-state index contributed by atoms with van der Waals surface area (Å²) in [6.07, 6.45) is 0. The monoisotopic (exact) mass is 711 g/mol. The van der Waals surface area contributed by atoms with Gasteiger partial charge in [-0.25, -0.2) is 15.0 Å². The van der Waals surface area contributed by atoms with E-state index in [1.807, 2.05) is 0 Å². The number of hydrogen-bond acceptors (Lipinski definition) is 3. The van der Waals surface area contributed by atoms with E-state index in [0.29, 0.717) is 0 Å². The van der Waals surface area contributed by atoms with E-state index in [1.54, 1.807) is 0 Å². The maximum absolute atomic E-state index is 5.30. The Balaban J connectivity index is 1.03. The van der Waals surface area contributed by atoms with Crippen LogP contribution in [-0.2, 0) is 0 Å². The van der Waals surface area contributed by atoms with Gasteiger partial charge in [0.25, 0.3) is 0 Å². The minimum atomic E-state index is 0.900. The van der Waals surface area contributed by atoms with Gasteiger partial charge in [0.2, 0.25) is 0 Å². The molecule has 11 rings (SSSR count). The molecule has 0 N–H and O–H groups in total. The Morgan fingerprint density at radius 3 is 1.55 bits per heavy atom. The second kappa shape index (κ2) is 13.1. The lowest BCUT2D eigenvalue weighted by atomic mass is 9.95. The van der Waals surface area contributed by atoms with E-state index in [-0.39, 0.29) is 0 Å². The molecule has 11 aromatic rings. The number of pyridine rings is 3. The number of fused-ring (bicyclic) bond motifs is 6. The van der Waals surface area contributed by atoms with Gasteiger partial charge in [0.1, 0.15) is 0 Å². The summed E-state index contributed by atoms with van der Waals surface area (Å²) in [7, 11) is 0. The molecule has 8 aromatic carbocycles. The molecule has 0 fully saturated rings. The molecule has 0 atom stereocenters. The van der Waals surface area contributed by atoms with Gasteiger partial charge in [-0.3, -0.25) is 0 Å². The van der Waals surface area contributed by atoms with Crippen molar-refractivity contribution < 1.29 is 0 Å². The third-order valence-corrected chi connectivity index (χ3v) is 11.0. The molecule has 3 heterocycles. The molecule has 0 radical (unpaired) electrons. The van der Waals surface area contributed by atoms with Crippen LogP contribution in [0.5, 0.6) is 0 Å². The van der Waals surface area contributed by atoms with Crippen molar-refractivity contribution in [2.45, 2.75) is 0 Å². The first-order chi connectivity index (χ1) is 27.7. The summed E-state index contributed by atoms with van der Waals surface area (Å²) in [6.45, 7) is 0. The molecule has 0 aliphatic carbocycles. The summed E-state index contributed by atoms with van der Waals surface area (Å²) >= 11 is 0. The van der Waals surface area contributed by atoms with Gasteiger partial charge in [-0.05, 0) is 74.6 Å². The predicted octanol–water partition coefficient (Wildman–Crippen LogP) is 14.0. The lowest BCUT2D eigenvalue weighted by Crippen LogP contribution is -1.93. The van der Waals surface area contributed by atoms with E-state index in [4.69, 9.17) is 15.0 Å². The highest BCUT2D eigenvalue weighted by molar-refractivity contribution is 6.16. The van der Waals surface area contributed by atoms with Crippen molar-refractivity contribution in [3.8, 4) is 56.0 Å². The highest BCUT2D eigenvalue weighted by Gasteiger charge is 2.16. The zero-order chi connectivity index (χ0) is 37.0. The molecular formula is C53H33N3. The highest BCUT2D eigenvalue weighted by Crippen LogP contribution is 2.38. The molecule has 0 spiro atoms. The molecule has 0 aliphatic rings. The van der Waals surface area contributed by atoms with Crippen LogP contribution >= 0.6 is 0 Å². The minimum absolute atomic E-state index is 0.900. The van der Waals surface area contributed by atoms with Crippen LogP contribution in [0.2, 0.25) is 0 Å². The Hall–Kier alpha value is -7.49. The quantitative estimate of drug-likeness (QED) is 0.132. The van der Waals surface area contributed by atoms with Crippen LogP contribution in [0, 0.1) is 0 Å². The largest absolute Gasteiger partial charge is 0.248 e. The van der Waals surface area contributed by atoms with Crippen molar-refractivity contribution in [2.75, 3.05) is 0 Å². The number of hydrogen-bond donors (Lipinski definition) is 0. The second-order valence-electron chi connectivity index (χ2n) is 14.4. The zero-order valence-corrected chi connectivity index (χ0v) is 30.4. The normalized spacial score (nSPS) is 11.6. The number of benzene rings is 8. The first-order valence-corrected chi connectivity index (χ1v) is 19.0. The van der Waals surface area contributed by atoms with Crippen LogP contribution in [0.1, 0.15) is 0 Å². The van der Waals surface area contributed by atoms with Crippen molar-refractivity contribution in [3.05, 3.63) is 200 Å². The third-order valence-electron chi connectivity index (χ3n) is 11.0. The molecule has 0 unspecified atom stereocenters. The van der Waals surface area contributed by atoms with Crippen molar-refractivity contribution in [1.29, 1.82) is 0 Å². The Bertz CT molecular complexity index is 3200. The van der Waals surface area contributed by atoms with E-state index in [2.05, 4.69) is 200 Å². The number of nitrogens with zero attached hydrogens (tertiary/aromatic N) is 3. The Labute approximate surface area is 324 Å². The standard InChI is InChI=1S/C53H33N3/c1-2-12-38(13-3-1)51-45-16-8-9-17-48(45)56-53-46(51)28-26-39-27-29-47(55-52(39)53)36-20-22-37(23-21-36)49-32-44(42-24-18-34-10-4-6-14-40(34)30-42)33-50(54-49)43-25-19-35-11-5-7-15-41(35)31-43/h1-33H. The molecule has 0 saturated heterocycles. The van der Waals surface area contributed by atoms with Gasteiger partial charge in [0.05, 0.1) is 33.6 Å². The van der Waals surface area contributed by atoms with Gasteiger partial charge in [-0.2, -0.15) is 0 Å². The lowest BCUT2D eigenvalue weighted by molar-refractivity contribution is 1.32. The van der Waals surface area contributed by atoms with Crippen molar-refractivity contribution in [3.63, 3.8) is 0 Å². The molecule has 260 valence electrons. The summed E-state index contributed by atoms with van der Waals surface area (Å²) in [6, 6.07) is 71.0. The molecule has 0 amide bonds. The van der Waals surface area contributed by atoms with Crippen molar-refractivity contribution in [1.82, 2.24) is 15.0 Å².